The molecule has 0 saturated carbocycles. The number of nitrogens with zero attached hydrogens (tertiary/aromatic N) is 4. The summed E-state index contributed by atoms with van der Waals surface area (Å²) in [5.41, 5.74) is 1.10. The largest absolute Gasteiger partial charge is 0.436 e. The van der Waals surface area contributed by atoms with Gasteiger partial charge in [0, 0.05) is 23.2 Å². The summed E-state index contributed by atoms with van der Waals surface area (Å²) in [5, 5.41) is 11.2. The van der Waals surface area contributed by atoms with Crippen LogP contribution >= 0.6 is 27.5 Å². The molecule has 0 fully saturated rings. The van der Waals surface area contributed by atoms with Crippen molar-refractivity contribution in [2.45, 2.75) is 39.5 Å². The van der Waals surface area contributed by atoms with Crippen molar-refractivity contribution in [1.82, 2.24) is 19.6 Å². The molecule has 1 amide bonds. The molecule has 1 aromatic carbocycles. The number of carbonyl (C=O) groups is 1. The number of halogens is 5. The van der Waals surface area contributed by atoms with Crippen LogP contribution in [0.25, 0.3) is 0 Å². The molecular formula is C19H18BrClF3N5O. The smallest absolute Gasteiger partial charge is 0.309 e. The van der Waals surface area contributed by atoms with Crippen LogP contribution in [-0.4, -0.2) is 25.5 Å². The summed E-state index contributed by atoms with van der Waals surface area (Å²) >= 11 is 8.91. The van der Waals surface area contributed by atoms with Crippen LogP contribution in [0, 0.1) is 13.8 Å². The van der Waals surface area contributed by atoms with E-state index in [4.69, 9.17) is 11.6 Å². The molecule has 30 heavy (non-hydrogen) atoms. The molecule has 0 unspecified atom stereocenters. The number of amides is 1. The van der Waals surface area contributed by atoms with E-state index in [1.165, 1.54) is 6.92 Å². The standard InChI is InChI=1S/C19H18BrClF3N5O/c1-11-8-15(26-29(11)10-13-4-3-5-14(21)9-13)25-16(30)6-7-28-12(2)17(20)18(27-28)19(22,23)24/h3-5,8-9H,6-7,10H2,1-2H3,(H,25,26,30). The maximum Gasteiger partial charge on any atom is 0.436 e. The van der Waals surface area contributed by atoms with Crippen LogP contribution in [0.4, 0.5) is 19.0 Å². The minimum Gasteiger partial charge on any atom is -0.309 e. The Morgan fingerprint density at radius 3 is 2.57 bits per heavy atom. The summed E-state index contributed by atoms with van der Waals surface area (Å²) in [7, 11) is 0. The second-order valence-corrected chi connectivity index (χ2v) is 7.96. The quantitative estimate of drug-likeness (QED) is 0.501. The zero-order valence-electron chi connectivity index (χ0n) is 16.1. The highest BCUT2D eigenvalue weighted by Crippen LogP contribution is 2.35. The maximum atomic E-state index is 12.9. The number of hydrogen-bond donors (Lipinski definition) is 1. The molecule has 0 aliphatic carbocycles. The number of hydrogen-bond acceptors (Lipinski definition) is 3. The molecule has 0 atom stereocenters. The van der Waals surface area contributed by atoms with Crippen LogP contribution in [-0.2, 0) is 24.1 Å². The summed E-state index contributed by atoms with van der Waals surface area (Å²) in [6, 6.07) is 9.11. The first kappa shape index (κ1) is 22.4. The summed E-state index contributed by atoms with van der Waals surface area (Å²) in [6.07, 6.45) is -4.61. The summed E-state index contributed by atoms with van der Waals surface area (Å²) in [5.74, 6) is -0.00383. The first-order valence-corrected chi connectivity index (χ1v) is 10.1. The minimum atomic E-state index is -4.57. The second-order valence-electron chi connectivity index (χ2n) is 6.73. The van der Waals surface area contributed by atoms with E-state index >= 15 is 0 Å². The van der Waals surface area contributed by atoms with E-state index in [9.17, 15) is 18.0 Å². The summed E-state index contributed by atoms with van der Waals surface area (Å²) in [4.78, 5) is 12.3. The van der Waals surface area contributed by atoms with Gasteiger partial charge < -0.3 is 5.32 Å². The van der Waals surface area contributed by atoms with Gasteiger partial charge in [-0.25, -0.2) is 0 Å². The Morgan fingerprint density at radius 2 is 1.93 bits per heavy atom. The van der Waals surface area contributed by atoms with Gasteiger partial charge in [0.25, 0.3) is 0 Å². The average molecular weight is 505 g/mol. The van der Waals surface area contributed by atoms with Crippen molar-refractivity contribution in [2.24, 2.45) is 0 Å². The Hall–Kier alpha value is -2.33. The van der Waals surface area contributed by atoms with Crippen LogP contribution in [0.15, 0.2) is 34.8 Å². The first-order chi connectivity index (χ1) is 14.0. The van der Waals surface area contributed by atoms with E-state index < -0.39 is 11.9 Å². The predicted octanol–water partition coefficient (Wildman–Crippen LogP) is 5.21. The minimum absolute atomic E-state index is 0.00848. The fourth-order valence-corrected chi connectivity index (χ4v) is 3.60. The van der Waals surface area contributed by atoms with Crippen molar-refractivity contribution in [3.05, 3.63) is 62.5 Å². The van der Waals surface area contributed by atoms with Gasteiger partial charge >= 0.3 is 6.18 Å². The van der Waals surface area contributed by atoms with Gasteiger partial charge in [-0.1, -0.05) is 23.7 Å². The van der Waals surface area contributed by atoms with Gasteiger partial charge in [-0.3, -0.25) is 14.2 Å². The fraction of sp³-hybridized carbons (Fsp3) is 0.316. The highest BCUT2D eigenvalue weighted by atomic mass is 79.9. The van der Waals surface area contributed by atoms with Gasteiger partial charge in [0.15, 0.2) is 11.5 Å². The van der Waals surface area contributed by atoms with Crippen LogP contribution in [0.2, 0.25) is 5.02 Å². The Kier molecular flexibility index (Phi) is 6.56. The number of aromatic nitrogens is 4. The fourth-order valence-electron chi connectivity index (χ4n) is 2.88. The molecule has 0 aliphatic rings. The molecule has 0 aliphatic heterocycles. The Bertz CT molecular complexity index is 1080. The first-order valence-electron chi connectivity index (χ1n) is 8.93. The van der Waals surface area contributed by atoms with Gasteiger partial charge in [-0.15, -0.1) is 0 Å². The van der Waals surface area contributed by atoms with E-state index in [0.717, 1.165) is 15.9 Å². The van der Waals surface area contributed by atoms with Gasteiger partial charge in [0.2, 0.25) is 5.91 Å². The van der Waals surface area contributed by atoms with E-state index in [1.54, 1.807) is 16.8 Å². The second kappa shape index (κ2) is 8.81. The van der Waals surface area contributed by atoms with Crippen LogP contribution < -0.4 is 5.32 Å². The highest BCUT2D eigenvalue weighted by Gasteiger charge is 2.37. The third-order valence-corrected chi connectivity index (χ3v) is 5.61. The third kappa shape index (κ3) is 5.23. The van der Waals surface area contributed by atoms with Gasteiger partial charge in [-0.2, -0.15) is 23.4 Å². The molecule has 1 N–H and O–H groups in total. The van der Waals surface area contributed by atoms with Gasteiger partial charge in [0.1, 0.15) is 0 Å². The molecule has 2 aromatic heterocycles. The van der Waals surface area contributed by atoms with Crippen LogP contribution in [0.3, 0.4) is 0 Å². The Balaban J connectivity index is 1.62. The highest BCUT2D eigenvalue weighted by molar-refractivity contribution is 9.10. The zero-order valence-corrected chi connectivity index (χ0v) is 18.4. The molecule has 6 nitrogen and oxygen atoms in total. The Labute approximate surface area is 184 Å². The molecule has 0 bridgehead atoms. The number of benzene rings is 1. The maximum absolute atomic E-state index is 12.9. The zero-order chi connectivity index (χ0) is 22.1. The number of anilines is 1. The predicted molar refractivity (Wildman–Crippen MR) is 110 cm³/mol. The molecular weight excluding hydrogens is 487 g/mol. The van der Waals surface area contributed by atoms with Crippen molar-refractivity contribution < 1.29 is 18.0 Å². The lowest BCUT2D eigenvalue weighted by atomic mass is 10.2. The number of carbonyl (C=O) groups excluding carboxylic acids is 1. The van der Waals surface area contributed by atoms with E-state index in [0.29, 0.717) is 23.1 Å². The van der Waals surface area contributed by atoms with Gasteiger partial charge in [-0.05, 0) is 47.5 Å². The SMILES string of the molecule is Cc1cc(NC(=O)CCn2nc(C(F)(F)F)c(Br)c2C)nn1Cc1cccc(Cl)c1. The molecule has 160 valence electrons. The lowest BCUT2D eigenvalue weighted by Crippen LogP contribution is -2.16. The topological polar surface area (TPSA) is 64.7 Å². The molecule has 0 saturated heterocycles. The third-order valence-electron chi connectivity index (χ3n) is 4.42. The van der Waals surface area contributed by atoms with E-state index in [2.05, 4.69) is 31.4 Å². The summed E-state index contributed by atoms with van der Waals surface area (Å²) in [6.45, 7) is 3.86. The monoisotopic (exact) mass is 503 g/mol. The number of aryl methyl sites for hydroxylation is 2. The van der Waals surface area contributed by atoms with E-state index in [-0.39, 0.29) is 23.3 Å². The summed E-state index contributed by atoms with van der Waals surface area (Å²) < 4.78 is 41.6. The van der Waals surface area contributed by atoms with Crippen molar-refractivity contribution in [3.63, 3.8) is 0 Å². The van der Waals surface area contributed by atoms with Crippen LogP contribution in [0.1, 0.15) is 29.1 Å². The average Bonchev–Trinajstić information content (AvgIpc) is 3.13. The van der Waals surface area contributed by atoms with Crippen molar-refractivity contribution in [2.75, 3.05) is 5.32 Å². The molecule has 3 rings (SSSR count). The van der Waals surface area contributed by atoms with Crippen molar-refractivity contribution >= 4 is 39.3 Å². The van der Waals surface area contributed by atoms with Crippen LogP contribution in [0.5, 0.6) is 0 Å². The van der Waals surface area contributed by atoms with Gasteiger partial charge in [0.05, 0.1) is 23.3 Å². The Morgan fingerprint density at radius 1 is 1.20 bits per heavy atom. The lowest BCUT2D eigenvalue weighted by molar-refractivity contribution is -0.142. The number of alkyl halides is 3. The number of nitrogens with one attached hydrogen (secondary N) is 1. The molecule has 2 heterocycles. The molecule has 3 aromatic rings. The molecule has 11 heteroatoms. The van der Waals surface area contributed by atoms with E-state index in [1.807, 2.05) is 25.1 Å². The lowest BCUT2D eigenvalue weighted by Gasteiger charge is -2.06. The number of rotatable bonds is 6. The normalized spacial score (nSPS) is 11.7. The van der Waals surface area contributed by atoms with Crippen molar-refractivity contribution in [3.8, 4) is 0 Å². The van der Waals surface area contributed by atoms with Crippen molar-refractivity contribution in [1.29, 1.82) is 0 Å². The molecule has 0 spiro atoms. The molecule has 0 radical (unpaired) electrons.